The summed E-state index contributed by atoms with van der Waals surface area (Å²) in [6.45, 7) is 2.53. The van der Waals surface area contributed by atoms with Gasteiger partial charge in [-0.05, 0) is 37.0 Å². The van der Waals surface area contributed by atoms with Crippen LogP contribution in [-0.4, -0.2) is 26.9 Å². The van der Waals surface area contributed by atoms with Crippen molar-refractivity contribution < 1.29 is 13.2 Å². The largest absolute Gasteiger partial charge is 0.399 e. The third kappa shape index (κ3) is 3.23. The fourth-order valence-electron chi connectivity index (χ4n) is 2.21. The van der Waals surface area contributed by atoms with Crippen molar-refractivity contribution in [2.24, 2.45) is 0 Å². The molecular weight excluding hydrogens is 250 g/mol. The molecule has 0 radical (unpaired) electrons. The number of hydrogen-bond acceptors (Lipinski definition) is 4. The van der Waals surface area contributed by atoms with Crippen LogP contribution in [-0.2, 0) is 20.3 Å². The van der Waals surface area contributed by atoms with Crippen LogP contribution < -0.4 is 5.73 Å². The van der Waals surface area contributed by atoms with Crippen molar-refractivity contribution in [2.75, 3.05) is 18.1 Å². The van der Waals surface area contributed by atoms with Crippen LogP contribution in [0.2, 0.25) is 0 Å². The zero-order chi connectivity index (χ0) is 13.2. The molecule has 1 aromatic rings. The van der Waals surface area contributed by atoms with Gasteiger partial charge in [0.1, 0.15) is 0 Å². The summed E-state index contributed by atoms with van der Waals surface area (Å²) in [7, 11) is -3.14. The van der Waals surface area contributed by atoms with Crippen molar-refractivity contribution >= 4 is 15.5 Å². The average molecular weight is 269 g/mol. The van der Waals surface area contributed by atoms with Gasteiger partial charge in [-0.3, -0.25) is 0 Å². The zero-order valence-electron chi connectivity index (χ0n) is 10.6. The van der Waals surface area contributed by atoms with E-state index in [0.29, 0.717) is 12.3 Å². The van der Waals surface area contributed by atoms with Crippen molar-refractivity contribution in [3.63, 3.8) is 0 Å². The van der Waals surface area contributed by atoms with Gasteiger partial charge in [0, 0.05) is 12.3 Å². The van der Waals surface area contributed by atoms with Gasteiger partial charge in [-0.1, -0.05) is 12.1 Å². The molecule has 1 atom stereocenters. The molecule has 1 aromatic carbocycles. The van der Waals surface area contributed by atoms with Crippen molar-refractivity contribution in [2.45, 2.75) is 31.6 Å². The molecule has 1 unspecified atom stereocenters. The minimum atomic E-state index is -3.14. The van der Waals surface area contributed by atoms with E-state index in [1.54, 1.807) is 12.1 Å². The van der Waals surface area contributed by atoms with Gasteiger partial charge in [0.15, 0.2) is 9.84 Å². The molecule has 100 valence electrons. The van der Waals surface area contributed by atoms with E-state index in [4.69, 9.17) is 10.5 Å². The molecule has 1 fully saturated rings. The number of anilines is 1. The SMILES string of the molecule is Cc1c(N)cccc1CS(=O)(=O)CC1CCCO1. The van der Waals surface area contributed by atoms with Crippen LogP contribution >= 0.6 is 0 Å². The van der Waals surface area contributed by atoms with Crippen LogP contribution in [0.1, 0.15) is 24.0 Å². The van der Waals surface area contributed by atoms with Crippen molar-refractivity contribution in [3.05, 3.63) is 29.3 Å². The third-order valence-corrected chi connectivity index (χ3v) is 4.96. The highest BCUT2D eigenvalue weighted by atomic mass is 32.2. The monoisotopic (exact) mass is 269 g/mol. The molecule has 2 rings (SSSR count). The summed E-state index contributed by atoms with van der Waals surface area (Å²) in [5.74, 6) is 0.158. The molecular formula is C13H19NO3S. The average Bonchev–Trinajstić information content (AvgIpc) is 2.76. The second-order valence-electron chi connectivity index (χ2n) is 4.82. The normalized spacial score (nSPS) is 20.2. The Hall–Kier alpha value is -1.07. The lowest BCUT2D eigenvalue weighted by molar-refractivity contribution is 0.127. The van der Waals surface area contributed by atoms with E-state index in [2.05, 4.69) is 0 Å². The predicted octanol–water partition coefficient (Wildman–Crippen LogP) is 1.67. The molecule has 0 aliphatic carbocycles. The van der Waals surface area contributed by atoms with Crippen LogP contribution in [0, 0.1) is 6.92 Å². The Bertz CT molecular complexity index is 519. The maximum absolute atomic E-state index is 12.1. The van der Waals surface area contributed by atoms with Crippen LogP contribution in [0.5, 0.6) is 0 Å². The molecule has 4 nitrogen and oxygen atoms in total. The lowest BCUT2D eigenvalue weighted by atomic mass is 10.1. The fraction of sp³-hybridized carbons (Fsp3) is 0.538. The molecule has 1 saturated heterocycles. The summed E-state index contributed by atoms with van der Waals surface area (Å²) >= 11 is 0. The van der Waals surface area contributed by atoms with Gasteiger partial charge in [-0.15, -0.1) is 0 Å². The minimum Gasteiger partial charge on any atom is -0.399 e. The van der Waals surface area contributed by atoms with Crippen molar-refractivity contribution in [3.8, 4) is 0 Å². The highest BCUT2D eigenvalue weighted by Crippen LogP contribution is 2.20. The number of rotatable bonds is 4. The van der Waals surface area contributed by atoms with E-state index in [0.717, 1.165) is 24.0 Å². The first kappa shape index (κ1) is 13.4. The van der Waals surface area contributed by atoms with Crippen molar-refractivity contribution in [1.82, 2.24) is 0 Å². The molecule has 0 amide bonds. The van der Waals surface area contributed by atoms with E-state index >= 15 is 0 Å². The summed E-state index contributed by atoms with van der Waals surface area (Å²) in [5, 5.41) is 0. The molecule has 1 heterocycles. The van der Waals surface area contributed by atoms with Crippen LogP contribution in [0.4, 0.5) is 5.69 Å². The third-order valence-electron chi connectivity index (χ3n) is 3.33. The Morgan fingerprint density at radius 3 is 2.89 bits per heavy atom. The highest BCUT2D eigenvalue weighted by Gasteiger charge is 2.24. The second-order valence-corrected chi connectivity index (χ2v) is 6.93. The Morgan fingerprint density at radius 2 is 2.22 bits per heavy atom. The van der Waals surface area contributed by atoms with Crippen molar-refractivity contribution in [1.29, 1.82) is 0 Å². The minimum absolute atomic E-state index is 0.0454. The molecule has 0 saturated carbocycles. The van der Waals surface area contributed by atoms with Crippen LogP contribution in [0.15, 0.2) is 18.2 Å². The van der Waals surface area contributed by atoms with E-state index in [-0.39, 0.29) is 17.6 Å². The highest BCUT2D eigenvalue weighted by molar-refractivity contribution is 7.90. The van der Waals surface area contributed by atoms with E-state index in [1.165, 1.54) is 0 Å². The van der Waals surface area contributed by atoms with Gasteiger partial charge in [-0.25, -0.2) is 8.42 Å². The van der Waals surface area contributed by atoms with Gasteiger partial charge < -0.3 is 10.5 Å². The standard InChI is InChI=1S/C13H19NO3S/c1-10-11(4-2-6-13(10)14)8-18(15,16)9-12-5-3-7-17-12/h2,4,6,12H,3,5,7-9,14H2,1H3. The molecule has 0 spiro atoms. The van der Waals surface area contributed by atoms with Gasteiger partial charge in [0.25, 0.3) is 0 Å². The Labute approximate surface area is 108 Å². The van der Waals surface area contributed by atoms with Crippen LogP contribution in [0.3, 0.4) is 0 Å². The summed E-state index contributed by atoms with van der Waals surface area (Å²) in [5.41, 5.74) is 8.06. The van der Waals surface area contributed by atoms with E-state index < -0.39 is 9.84 Å². The Balaban J connectivity index is 2.09. The summed E-state index contributed by atoms with van der Waals surface area (Å²) in [6.07, 6.45) is 1.67. The number of ether oxygens (including phenoxy) is 1. The number of sulfone groups is 1. The molecule has 1 aliphatic rings. The maximum atomic E-state index is 12.1. The summed E-state index contributed by atoms with van der Waals surface area (Å²) < 4.78 is 29.6. The predicted molar refractivity (Wildman–Crippen MR) is 72.1 cm³/mol. The molecule has 2 N–H and O–H groups in total. The first-order chi connectivity index (χ1) is 8.48. The number of hydrogen-bond donors (Lipinski definition) is 1. The first-order valence-corrected chi connectivity index (χ1v) is 7.96. The van der Waals surface area contributed by atoms with Gasteiger partial charge in [0.2, 0.25) is 0 Å². The van der Waals surface area contributed by atoms with E-state index in [1.807, 2.05) is 13.0 Å². The van der Waals surface area contributed by atoms with Gasteiger partial charge >= 0.3 is 0 Å². The topological polar surface area (TPSA) is 69.4 Å². The lowest BCUT2D eigenvalue weighted by Crippen LogP contribution is -2.21. The number of nitrogen functional groups attached to an aromatic ring is 1. The smallest absolute Gasteiger partial charge is 0.157 e. The lowest BCUT2D eigenvalue weighted by Gasteiger charge is -2.12. The number of nitrogens with two attached hydrogens (primary N) is 1. The van der Waals surface area contributed by atoms with E-state index in [9.17, 15) is 8.42 Å². The maximum Gasteiger partial charge on any atom is 0.157 e. The molecule has 18 heavy (non-hydrogen) atoms. The first-order valence-electron chi connectivity index (χ1n) is 6.14. The Morgan fingerprint density at radius 1 is 1.44 bits per heavy atom. The van der Waals surface area contributed by atoms with Gasteiger partial charge in [-0.2, -0.15) is 0 Å². The summed E-state index contributed by atoms with van der Waals surface area (Å²) in [4.78, 5) is 0. The molecule has 0 aromatic heterocycles. The van der Waals surface area contributed by atoms with Crippen LogP contribution in [0.25, 0.3) is 0 Å². The fourth-order valence-corrected chi connectivity index (χ4v) is 3.95. The second kappa shape index (κ2) is 5.28. The zero-order valence-corrected chi connectivity index (χ0v) is 11.4. The molecule has 5 heteroatoms. The number of benzene rings is 1. The molecule has 1 aliphatic heterocycles. The van der Waals surface area contributed by atoms with Gasteiger partial charge in [0.05, 0.1) is 17.6 Å². The molecule has 0 bridgehead atoms. The Kier molecular flexibility index (Phi) is 3.92. The quantitative estimate of drug-likeness (QED) is 0.844. The summed E-state index contributed by atoms with van der Waals surface area (Å²) in [6, 6.07) is 5.39.